The molecule has 0 amide bonds. The fourth-order valence-corrected chi connectivity index (χ4v) is 1.43. The molecule has 0 aliphatic heterocycles. The molecule has 0 atom stereocenters. The van der Waals surface area contributed by atoms with Crippen LogP contribution in [-0.4, -0.2) is 41.6 Å². The summed E-state index contributed by atoms with van der Waals surface area (Å²) in [6.45, 7) is 4.06. The molecule has 18 heavy (non-hydrogen) atoms. The molecule has 0 aromatic heterocycles. The fraction of sp³-hybridized carbons (Fsp3) is 0.231. The van der Waals surface area contributed by atoms with Crippen molar-refractivity contribution in [3.63, 3.8) is 0 Å². The summed E-state index contributed by atoms with van der Waals surface area (Å²) in [5.74, 6) is 0. The SMILES string of the molecule is C=Cc1ccc(C=NN(CCO)C(=S)NC)cc1. The van der Waals surface area contributed by atoms with Gasteiger partial charge in [-0.2, -0.15) is 5.10 Å². The highest BCUT2D eigenvalue weighted by Gasteiger charge is 2.04. The van der Waals surface area contributed by atoms with Gasteiger partial charge in [-0.25, -0.2) is 5.01 Å². The first-order valence-electron chi connectivity index (χ1n) is 5.58. The summed E-state index contributed by atoms with van der Waals surface area (Å²) in [7, 11) is 1.72. The molecule has 2 N–H and O–H groups in total. The van der Waals surface area contributed by atoms with Gasteiger partial charge in [0.15, 0.2) is 5.11 Å². The van der Waals surface area contributed by atoms with Crippen molar-refractivity contribution in [3.8, 4) is 0 Å². The normalized spacial score (nSPS) is 10.3. The molecular formula is C13H17N3OS. The highest BCUT2D eigenvalue weighted by Crippen LogP contribution is 2.04. The van der Waals surface area contributed by atoms with Gasteiger partial charge in [0.1, 0.15) is 0 Å². The zero-order chi connectivity index (χ0) is 13.4. The molecule has 0 saturated heterocycles. The maximum Gasteiger partial charge on any atom is 0.189 e. The maximum absolute atomic E-state index is 8.93. The standard InChI is InChI=1S/C13H17N3OS/c1-3-11-4-6-12(7-5-11)10-15-16(8-9-17)13(18)14-2/h3-7,10,17H,1,8-9H2,2H3,(H,14,18). The smallest absolute Gasteiger partial charge is 0.189 e. The molecule has 0 radical (unpaired) electrons. The third-order valence-corrected chi connectivity index (χ3v) is 2.69. The second kappa shape index (κ2) is 7.58. The highest BCUT2D eigenvalue weighted by molar-refractivity contribution is 7.80. The fourth-order valence-electron chi connectivity index (χ4n) is 1.29. The Hall–Kier alpha value is -1.72. The quantitative estimate of drug-likeness (QED) is 0.480. The third-order valence-electron chi connectivity index (χ3n) is 2.28. The van der Waals surface area contributed by atoms with Gasteiger partial charge in [-0.1, -0.05) is 36.9 Å². The van der Waals surface area contributed by atoms with E-state index in [2.05, 4.69) is 17.0 Å². The van der Waals surface area contributed by atoms with Gasteiger partial charge in [0, 0.05) is 7.05 Å². The van der Waals surface area contributed by atoms with Crippen LogP contribution in [0, 0.1) is 0 Å². The number of nitrogens with zero attached hydrogens (tertiary/aromatic N) is 2. The molecule has 1 aromatic rings. The second-order valence-corrected chi connectivity index (χ2v) is 3.90. The van der Waals surface area contributed by atoms with Gasteiger partial charge in [-0.15, -0.1) is 0 Å². The van der Waals surface area contributed by atoms with Gasteiger partial charge in [-0.3, -0.25) is 0 Å². The van der Waals surface area contributed by atoms with Crippen LogP contribution in [-0.2, 0) is 0 Å². The van der Waals surface area contributed by atoms with E-state index in [-0.39, 0.29) is 6.61 Å². The Morgan fingerprint density at radius 2 is 2.06 bits per heavy atom. The Bertz CT molecular complexity index is 428. The van der Waals surface area contributed by atoms with Gasteiger partial charge in [-0.05, 0) is 23.3 Å². The maximum atomic E-state index is 8.93. The molecular weight excluding hydrogens is 246 g/mol. The third kappa shape index (κ3) is 4.27. The zero-order valence-electron chi connectivity index (χ0n) is 10.3. The van der Waals surface area contributed by atoms with E-state index in [1.54, 1.807) is 19.3 Å². The molecule has 5 heteroatoms. The summed E-state index contributed by atoms with van der Waals surface area (Å²) in [6, 6.07) is 7.81. The van der Waals surface area contributed by atoms with E-state index in [0.29, 0.717) is 11.7 Å². The van der Waals surface area contributed by atoms with Gasteiger partial charge in [0.25, 0.3) is 0 Å². The van der Waals surface area contributed by atoms with Crippen LogP contribution in [0.1, 0.15) is 11.1 Å². The molecule has 0 aliphatic carbocycles. The summed E-state index contributed by atoms with van der Waals surface area (Å²) in [4.78, 5) is 0. The first kappa shape index (κ1) is 14.3. The minimum Gasteiger partial charge on any atom is -0.394 e. The average molecular weight is 263 g/mol. The van der Waals surface area contributed by atoms with Gasteiger partial charge >= 0.3 is 0 Å². The molecule has 1 aromatic carbocycles. The summed E-state index contributed by atoms with van der Waals surface area (Å²) in [5, 5.41) is 18.0. The van der Waals surface area contributed by atoms with Gasteiger partial charge in [0.05, 0.1) is 19.4 Å². The lowest BCUT2D eigenvalue weighted by atomic mass is 10.1. The Labute approximate surface area is 113 Å². The van der Waals surface area contributed by atoms with Crippen molar-refractivity contribution in [2.45, 2.75) is 0 Å². The largest absolute Gasteiger partial charge is 0.394 e. The number of aliphatic hydroxyl groups is 1. The van der Waals surface area contributed by atoms with Crippen molar-refractivity contribution in [1.29, 1.82) is 0 Å². The first-order valence-corrected chi connectivity index (χ1v) is 5.98. The van der Waals surface area contributed by atoms with Crippen LogP contribution in [0.5, 0.6) is 0 Å². The van der Waals surface area contributed by atoms with Crippen molar-refractivity contribution in [2.75, 3.05) is 20.2 Å². The van der Waals surface area contributed by atoms with Gasteiger partial charge in [0.2, 0.25) is 0 Å². The first-order chi connectivity index (χ1) is 8.71. The van der Waals surface area contributed by atoms with E-state index < -0.39 is 0 Å². The summed E-state index contributed by atoms with van der Waals surface area (Å²) in [6.07, 6.45) is 3.49. The summed E-state index contributed by atoms with van der Waals surface area (Å²) in [5.41, 5.74) is 2.02. The minimum atomic E-state index is -0.00539. The van der Waals surface area contributed by atoms with E-state index in [9.17, 15) is 0 Å². The molecule has 0 heterocycles. The van der Waals surface area contributed by atoms with Crippen LogP contribution < -0.4 is 5.32 Å². The van der Waals surface area contributed by atoms with Crippen molar-refractivity contribution in [2.24, 2.45) is 5.10 Å². The number of hydrazone groups is 1. The van der Waals surface area contributed by atoms with Crippen molar-refractivity contribution >= 4 is 29.6 Å². The monoisotopic (exact) mass is 263 g/mol. The lowest BCUT2D eigenvalue weighted by molar-refractivity contribution is 0.253. The van der Waals surface area contributed by atoms with Crippen LogP contribution in [0.15, 0.2) is 35.9 Å². The molecule has 0 unspecified atom stereocenters. The number of nitrogens with one attached hydrogen (secondary N) is 1. The van der Waals surface area contributed by atoms with Crippen LogP contribution in [0.2, 0.25) is 0 Å². The Morgan fingerprint density at radius 1 is 1.44 bits per heavy atom. The van der Waals surface area contributed by atoms with Crippen molar-refractivity contribution < 1.29 is 5.11 Å². The van der Waals surface area contributed by atoms with E-state index in [4.69, 9.17) is 17.3 Å². The lowest BCUT2D eigenvalue weighted by Crippen LogP contribution is -2.35. The van der Waals surface area contributed by atoms with E-state index in [1.165, 1.54) is 5.01 Å². The molecule has 96 valence electrons. The van der Waals surface area contributed by atoms with Crippen LogP contribution >= 0.6 is 12.2 Å². The number of rotatable bonds is 5. The molecule has 4 nitrogen and oxygen atoms in total. The predicted molar refractivity (Wildman–Crippen MR) is 79.6 cm³/mol. The number of aliphatic hydroxyl groups excluding tert-OH is 1. The number of thiocarbonyl (C=S) groups is 1. The van der Waals surface area contributed by atoms with Crippen LogP contribution in [0.25, 0.3) is 6.08 Å². The number of benzene rings is 1. The van der Waals surface area contributed by atoms with E-state index in [1.807, 2.05) is 24.3 Å². The van der Waals surface area contributed by atoms with Crippen LogP contribution in [0.4, 0.5) is 0 Å². The van der Waals surface area contributed by atoms with Crippen molar-refractivity contribution in [1.82, 2.24) is 10.3 Å². The minimum absolute atomic E-state index is 0.00539. The molecule has 0 bridgehead atoms. The second-order valence-electron chi connectivity index (χ2n) is 3.52. The summed E-state index contributed by atoms with van der Waals surface area (Å²) >= 11 is 5.07. The van der Waals surface area contributed by atoms with Gasteiger partial charge < -0.3 is 10.4 Å². The van der Waals surface area contributed by atoms with E-state index >= 15 is 0 Å². The van der Waals surface area contributed by atoms with Crippen molar-refractivity contribution in [3.05, 3.63) is 42.0 Å². The topological polar surface area (TPSA) is 47.9 Å². The highest BCUT2D eigenvalue weighted by atomic mass is 32.1. The Kier molecular flexibility index (Phi) is 6.04. The van der Waals surface area contributed by atoms with E-state index in [0.717, 1.165) is 11.1 Å². The molecule has 0 spiro atoms. The molecule has 0 fully saturated rings. The lowest BCUT2D eigenvalue weighted by Gasteiger charge is -2.17. The molecule has 0 saturated carbocycles. The number of hydrogen-bond donors (Lipinski definition) is 2. The predicted octanol–water partition coefficient (Wildman–Crippen LogP) is 1.46. The molecule has 0 aliphatic rings. The number of hydrogen-bond acceptors (Lipinski definition) is 3. The zero-order valence-corrected chi connectivity index (χ0v) is 11.2. The Morgan fingerprint density at radius 3 is 2.56 bits per heavy atom. The molecule has 1 rings (SSSR count). The Balaban J connectivity index is 2.74. The summed E-state index contributed by atoms with van der Waals surface area (Å²) < 4.78 is 0. The average Bonchev–Trinajstić information content (AvgIpc) is 2.43. The van der Waals surface area contributed by atoms with Crippen LogP contribution in [0.3, 0.4) is 0 Å².